The van der Waals surface area contributed by atoms with Crippen LogP contribution in [0.4, 0.5) is 0 Å². The van der Waals surface area contributed by atoms with Crippen molar-refractivity contribution >= 4 is 11.0 Å². The quantitative estimate of drug-likeness (QED) is 0.710. The Bertz CT molecular complexity index is 308. The molecule has 1 nitrogen and oxygen atoms in total. The molecule has 0 N–H and O–H groups in total. The Morgan fingerprint density at radius 2 is 1.64 bits per heavy atom. The first kappa shape index (κ1) is 13.3. The first-order chi connectivity index (χ1) is 6.38. The van der Waals surface area contributed by atoms with Crippen molar-refractivity contribution in [3.05, 3.63) is 36.6 Å². The van der Waals surface area contributed by atoms with E-state index in [2.05, 4.69) is 13.8 Å². The Morgan fingerprint density at radius 1 is 1.00 bits per heavy atom. The average Bonchev–Trinajstić information content (AvgIpc) is 2.66. The van der Waals surface area contributed by atoms with Crippen LogP contribution in [0.15, 0.2) is 41.0 Å². The third kappa shape index (κ3) is 4.04. The molecule has 2 rings (SSSR count). The minimum atomic E-state index is 0. The Hall–Kier alpha value is -0.656. The minimum absolute atomic E-state index is 0. The molecule has 0 spiro atoms. The molecule has 2 heteroatoms. The molecule has 1 aromatic carbocycles. The van der Waals surface area contributed by atoms with Gasteiger partial charge in [-0.05, 0) is 12.1 Å². The maximum Gasteiger partial charge on any atom is 0.133 e. The van der Waals surface area contributed by atoms with Gasteiger partial charge in [0.2, 0.25) is 0 Å². The van der Waals surface area contributed by atoms with Gasteiger partial charge in [0.25, 0.3) is 0 Å². The molecule has 0 atom stereocenters. The van der Waals surface area contributed by atoms with Gasteiger partial charge in [0.15, 0.2) is 0 Å². The van der Waals surface area contributed by atoms with E-state index < -0.39 is 0 Å². The first-order valence-electron chi connectivity index (χ1n) is 4.80. The van der Waals surface area contributed by atoms with Gasteiger partial charge in [0, 0.05) is 23.9 Å². The molecule has 0 aliphatic heterocycles. The fraction of sp³-hybridized carbons (Fsp3) is 0.333. The Balaban J connectivity index is 0.000000299. The van der Waals surface area contributed by atoms with E-state index in [1.807, 2.05) is 30.3 Å². The molecular formula is C12H16OV. The summed E-state index contributed by atoms with van der Waals surface area (Å²) in [6.45, 7) is 4.36. The van der Waals surface area contributed by atoms with E-state index in [0.29, 0.717) is 0 Å². The van der Waals surface area contributed by atoms with Crippen LogP contribution in [-0.4, -0.2) is 0 Å². The maximum absolute atomic E-state index is 5.12. The van der Waals surface area contributed by atoms with Crippen LogP contribution in [0, 0.1) is 0 Å². The zero-order valence-electron chi connectivity index (χ0n) is 8.73. The number of rotatable bonds is 1. The zero-order chi connectivity index (χ0) is 9.52. The van der Waals surface area contributed by atoms with Gasteiger partial charge < -0.3 is 4.42 Å². The van der Waals surface area contributed by atoms with Gasteiger partial charge in [-0.1, -0.05) is 44.9 Å². The summed E-state index contributed by atoms with van der Waals surface area (Å²) in [6, 6.07) is 9.90. The molecule has 0 aliphatic carbocycles. The van der Waals surface area contributed by atoms with Crippen molar-refractivity contribution in [2.24, 2.45) is 0 Å². The van der Waals surface area contributed by atoms with Crippen LogP contribution in [-0.2, 0) is 18.6 Å². The third-order valence-electron chi connectivity index (χ3n) is 1.86. The Kier molecular flexibility index (Phi) is 7.36. The van der Waals surface area contributed by atoms with E-state index in [0.717, 1.165) is 11.0 Å². The molecule has 0 fully saturated rings. The summed E-state index contributed by atoms with van der Waals surface area (Å²) in [4.78, 5) is 0. The third-order valence-corrected chi connectivity index (χ3v) is 1.86. The predicted octanol–water partition coefficient (Wildman–Crippen LogP) is 4.24. The molecule has 0 bridgehead atoms. The van der Waals surface area contributed by atoms with Gasteiger partial charge in [-0.15, -0.1) is 0 Å². The van der Waals surface area contributed by atoms with E-state index >= 15 is 0 Å². The van der Waals surface area contributed by atoms with Gasteiger partial charge in [-0.3, -0.25) is 0 Å². The molecule has 1 heterocycles. The SMILES string of the molecule is CCCC.[V].c1ccc2occc2c1. The number of unbranched alkanes of at least 4 members (excludes halogenated alkanes) is 1. The van der Waals surface area contributed by atoms with E-state index in [-0.39, 0.29) is 18.6 Å². The molecule has 0 unspecified atom stereocenters. The van der Waals surface area contributed by atoms with Crippen LogP contribution in [0.3, 0.4) is 0 Å². The van der Waals surface area contributed by atoms with Gasteiger partial charge in [0.05, 0.1) is 6.26 Å². The van der Waals surface area contributed by atoms with Crippen molar-refractivity contribution in [3.63, 3.8) is 0 Å². The smallest absolute Gasteiger partial charge is 0.133 e. The van der Waals surface area contributed by atoms with Crippen LogP contribution < -0.4 is 0 Å². The van der Waals surface area contributed by atoms with E-state index in [1.54, 1.807) is 6.26 Å². The summed E-state index contributed by atoms with van der Waals surface area (Å²) >= 11 is 0. The first-order valence-corrected chi connectivity index (χ1v) is 4.80. The van der Waals surface area contributed by atoms with E-state index in [4.69, 9.17) is 4.42 Å². The normalized spacial score (nSPS) is 8.71. The van der Waals surface area contributed by atoms with Crippen molar-refractivity contribution in [2.45, 2.75) is 26.7 Å². The average molecular weight is 227 g/mol. The fourth-order valence-electron chi connectivity index (χ4n) is 0.906. The molecule has 0 aliphatic rings. The number of para-hydroxylation sites is 1. The van der Waals surface area contributed by atoms with E-state index in [9.17, 15) is 0 Å². The summed E-state index contributed by atoms with van der Waals surface area (Å²) in [7, 11) is 0. The second kappa shape index (κ2) is 7.72. The monoisotopic (exact) mass is 227 g/mol. The molecule has 2 aromatic rings. The molecule has 75 valence electrons. The van der Waals surface area contributed by atoms with Crippen molar-refractivity contribution in [3.8, 4) is 0 Å². The summed E-state index contributed by atoms with van der Waals surface area (Å²) in [6.07, 6.45) is 4.34. The van der Waals surface area contributed by atoms with Gasteiger partial charge in [0.1, 0.15) is 5.58 Å². The van der Waals surface area contributed by atoms with Crippen molar-refractivity contribution in [1.29, 1.82) is 0 Å². The number of fused-ring (bicyclic) bond motifs is 1. The van der Waals surface area contributed by atoms with Crippen LogP contribution in [0.25, 0.3) is 11.0 Å². The van der Waals surface area contributed by atoms with E-state index in [1.165, 1.54) is 12.8 Å². The molecule has 0 saturated carbocycles. The molecule has 0 saturated heterocycles. The van der Waals surface area contributed by atoms with Crippen molar-refractivity contribution in [1.82, 2.24) is 0 Å². The summed E-state index contributed by atoms with van der Waals surface area (Å²) in [5.41, 5.74) is 0.956. The second-order valence-corrected chi connectivity index (χ2v) is 2.96. The summed E-state index contributed by atoms with van der Waals surface area (Å²) < 4.78 is 5.12. The topological polar surface area (TPSA) is 13.1 Å². The summed E-state index contributed by atoms with van der Waals surface area (Å²) in [5.74, 6) is 0. The number of hydrogen-bond donors (Lipinski definition) is 0. The number of furan rings is 1. The predicted molar refractivity (Wildman–Crippen MR) is 56.8 cm³/mol. The van der Waals surface area contributed by atoms with Crippen molar-refractivity contribution < 1.29 is 23.0 Å². The van der Waals surface area contributed by atoms with Crippen molar-refractivity contribution in [2.75, 3.05) is 0 Å². The fourth-order valence-corrected chi connectivity index (χ4v) is 0.906. The number of benzene rings is 1. The Labute approximate surface area is 97.4 Å². The molecule has 0 amide bonds. The van der Waals surface area contributed by atoms with Gasteiger partial charge >= 0.3 is 0 Å². The number of hydrogen-bond acceptors (Lipinski definition) is 1. The Morgan fingerprint density at radius 3 is 2.21 bits per heavy atom. The van der Waals surface area contributed by atoms with Gasteiger partial charge in [-0.2, -0.15) is 0 Å². The zero-order valence-corrected chi connectivity index (χ0v) is 10.1. The van der Waals surface area contributed by atoms with Crippen LogP contribution in [0.1, 0.15) is 26.7 Å². The van der Waals surface area contributed by atoms with Crippen LogP contribution in [0.5, 0.6) is 0 Å². The summed E-state index contributed by atoms with van der Waals surface area (Å²) in [5, 5.41) is 1.16. The maximum atomic E-state index is 5.12. The molecule has 1 aromatic heterocycles. The molecule has 1 radical (unpaired) electrons. The van der Waals surface area contributed by atoms with Crippen LogP contribution >= 0.6 is 0 Å². The van der Waals surface area contributed by atoms with Gasteiger partial charge in [-0.25, -0.2) is 0 Å². The van der Waals surface area contributed by atoms with Crippen LogP contribution in [0.2, 0.25) is 0 Å². The second-order valence-electron chi connectivity index (χ2n) is 2.96. The largest absolute Gasteiger partial charge is 0.464 e. The standard InChI is InChI=1S/C8H6O.C4H10.V/c1-2-4-8-7(3-1)5-6-9-8;1-3-4-2;/h1-6H;3-4H2,1-2H3;. The molecule has 14 heavy (non-hydrogen) atoms. The minimum Gasteiger partial charge on any atom is -0.464 e. The molecular weight excluding hydrogens is 211 g/mol.